The van der Waals surface area contributed by atoms with Crippen molar-refractivity contribution < 1.29 is 9.59 Å². The van der Waals surface area contributed by atoms with Crippen LogP contribution >= 0.6 is 23.4 Å². The molecule has 35 heavy (non-hydrogen) atoms. The molecule has 0 radical (unpaired) electrons. The minimum Gasteiger partial charge on any atom is -0.352 e. The smallest absolute Gasteiger partial charge is 0.243 e. The van der Waals surface area contributed by atoms with Gasteiger partial charge < -0.3 is 10.2 Å². The second-order valence-corrected chi connectivity index (χ2v) is 10.2. The van der Waals surface area contributed by atoms with E-state index in [0.29, 0.717) is 18.0 Å². The Balaban J connectivity index is 1.91. The molecular weight excluding hydrogens is 476 g/mol. The molecule has 6 heteroatoms. The van der Waals surface area contributed by atoms with Gasteiger partial charge in [0.05, 0.1) is 5.75 Å². The summed E-state index contributed by atoms with van der Waals surface area (Å²) in [6, 6.07) is 24.7. The number of aryl methyl sites for hydroxylation is 1. The summed E-state index contributed by atoms with van der Waals surface area (Å²) < 4.78 is 0. The van der Waals surface area contributed by atoms with Crippen molar-refractivity contribution in [1.82, 2.24) is 10.2 Å². The van der Waals surface area contributed by atoms with Crippen LogP contribution in [0.5, 0.6) is 0 Å². The Hall–Kier alpha value is -2.76. The van der Waals surface area contributed by atoms with E-state index in [1.165, 1.54) is 11.8 Å². The molecule has 0 spiro atoms. The van der Waals surface area contributed by atoms with Crippen molar-refractivity contribution in [2.45, 2.75) is 57.1 Å². The van der Waals surface area contributed by atoms with E-state index in [2.05, 4.69) is 5.32 Å². The average Bonchev–Trinajstić information content (AvgIpc) is 2.87. The highest BCUT2D eigenvalue weighted by Crippen LogP contribution is 2.23. The summed E-state index contributed by atoms with van der Waals surface area (Å²) in [7, 11) is 0. The van der Waals surface area contributed by atoms with E-state index < -0.39 is 6.04 Å². The molecule has 3 rings (SSSR count). The molecule has 2 unspecified atom stereocenters. The lowest BCUT2D eigenvalue weighted by Gasteiger charge is -2.32. The van der Waals surface area contributed by atoms with Crippen molar-refractivity contribution in [2.24, 2.45) is 0 Å². The number of benzene rings is 3. The summed E-state index contributed by atoms with van der Waals surface area (Å²) in [5.74, 6) is 0.0325. The molecular formula is C29H33ClN2O2S. The zero-order chi connectivity index (χ0) is 25.2. The van der Waals surface area contributed by atoms with Crippen LogP contribution in [0.15, 0.2) is 83.8 Å². The number of rotatable bonds is 11. The SMILES string of the molecule is CCC(C)NC(=O)C(Cc1ccccc1)N(Cc1ccccc1C)C(=O)CSc1ccc(Cl)cc1. The number of hydrogen-bond donors (Lipinski definition) is 1. The standard InChI is InChI=1S/C29H33ClN2O2S/c1-4-22(3)31-29(34)27(18-23-11-6-5-7-12-23)32(19-24-13-9-8-10-21(24)2)28(33)20-35-26-16-14-25(30)15-17-26/h5-17,22,27H,4,18-20H2,1-3H3,(H,31,34). The summed E-state index contributed by atoms with van der Waals surface area (Å²) in [6.45, 7) is 6.43. The minimum absolute atomic E-state index is 0.0274. The first-order valence-electron chi connectivity index (χ1n) is 11.9. The van der Waals surface area contributed by atoms with Gasteiger partial charge in [0.15, 0.2) is 0 Å². The van der Waals surface area contributed by atoms with Crippen molar-refractivity contribution >= 4 is 35.2 Å². The van der Waals surface area contributed by atoms with Gasteiger partial charge in [-0.2, -0.15) is 0 Å². The molecule has 0 aliphatic heterocycles. The largest absolute Gasteiger partial charge is 0.352 e. The Bertz CT molecular complexity index is 1110. The lowest BCUT2D eigenvalue weighted by atomic mass is 10.0. The van der Waals surface area contributed by atoms with Gasteiger partial charge in [0.1, 0.15) is 6.04 Å². The van der Waals surface area contributed by atoms with Crippen LogP contribution in [0.3, 0.4) is 0 Å². The highest BCUT2D eigenvalue weighted by atomic mass is 35.5. The highest BCUT2D eigenvalue weighted by molar-refractivity contribution is 8.00. The molecule has 4 nitrogen and oxygen atoms in total. The number of halogens is 1. The molecule has 0 saturated carbocycles. The second-order valence-electron chi connectivity index (χ2n) is 8.71. The number of nitrogens with zero attached hydrogens (tertiary/aromatic N) is 1. The quantitative estimate of drug-likeness (QED) is 0.309. The van der Waals surface area contributed by atoms with Crippen molar-refractivity contribution in [3.8, 4) is 0 Å². The maximum Gasteiger partial charge on any atom is 0.243 e. The van der Waals surface area contributed by atoms with Crippen molar-refractivity contribution in [2.75, 3.05) is 5.75 Å². The van der Waals surface area contributed by atoms with Crippen LogP contribution in [0, 0.1) is 6.92 Å². The maximum atomic E-state index is 13.7. The Morgan fingerprint density at radius 1 is 0.971 bits per heavy atom. The first-order chi connectivity index (χ1) is 16.9. The number of carbonyl (C=O) groups excluding carboxylic acids is 2. The van der Waals surface area contributed by atoms with Gasteiger partial charge in [0.2, 0.25) is 11.8 Å². The van der Waals surface area contributed by atoms with Crippen molar-refractivity contribution in [3.05, 3.63) is 101 Å². The van der Waals surface area contributed by atoms with Gasteiger partial charge in [0.25, 0.3) is 0 Å². The molecule has 0 bridgehead atoms. The van der Waals surface area contributed by atoms with Crippen molar-refractivity contribution in [3.63, 3.8) is 0 Å². The monoisotopic (exact) mass is 508 g/mol. The molecule has 0 aromatic heterocycles. The van der Waals surface area contributed by atoms with E-state index in [1.807, 2.05) is 99.6 Å². The van der Waals surface area contributed by atoms with E-state index in [9.17, 15) is 9.59 Å². The fourth-order valence-corrected chi connectivity index (χ4v) is 4.64. The second kappa shape index (κ2) is 13.4. The predicted molar refractivity (Wildman–Crippen MR) is 146 cm³/mol. The summed E-state index contributed by atoms with van der Waals surface area (Å²) >= 11 is 7.46. The number of amides is 2. The van der Waals surface area contributed by atoms with Crippen LogP contribution in [-0.4, -0.2) is 34.6 Å². The lowest BCUT2D eigenvalue weighted by Crippen LogP contribution is -2.52. The molecule has 0 saturated heterocycles. The predicted octanol–water partition coefficient (Wildman–Crippen LogP) is 6.30. The van der Waals surface area contributed by atoms with Crippen LogP contribution in [0.2, 0.25) is 5.02 Å². The molecule has 2 amide bonds. The molecule has 3 aromatic carbocycles. The van der Waals surface area contributed by atoms with Gasteiger partial charge in [-0.05, 0) is 61.2 Å². The Morgan fingerprint density at radius 3 is 2.29 bits per heavy atom. The maximum absolute atomic E-state index is 13.7. The Kier molecular flexibility index (Phi) is 10.2. The van der Waals surface area contributed by atoms with E-state index >= 15 is 0 Å². The molecule has 184 valence electrons. The van der Waals surface area contributed by atoms with Gasteiger partial charge in [-0.1, -0.05) is 73.1 Å². The summed E-state index contributed by atoms with van der Waals surface area (Å²) in [6.07, 6.45) is 1.27. The minimum atomic E-state index is -0.621. The van der Waals surface area contributed by atoms with Crippen molar-refractivity contribution in [1.29, 1.82) is 0 Å². The molecule has 1 N–H and O–H groups in total. The molecule has 0 aliphatic rings. The molecule has 0 heterocycles. The first-order valence-corrected chi connectivity index (χ1v) is 13.3. The van der Waals surface area contributed by atoms with Crippen LogP contribution in [-0.2, 0) is 22.6 Å². The zero-order valence-electron chi connectivity index (χ0n) is 20.5. The number of thioether (sulfide) groups is 1. The van der Waals surface area contributed by atoms with Crippen LogP contribution in [0.25, 0.3) is 0 Å². The third-order valence-electron chi connectivity index (χ3n) is 6.05. The van der Waals surface area contributed by atoms with Crippen LogP contribution in [0.4, 0.5) is 0 Å². The van der Waals surface area contributed by atoms with Crippen LogP contribution < -0.4 is 5.32 Å². The third kappa shape index (κ3) is 8.15. The van der Waals surface area contributed by atoms with Crippen LogP contribution in [0.1, 0.15) is 37.0 Å². The van der Waals surface area contributed by atoms with E-state index in [0.717, 1.165) is 28.0 Å². The topological polar surface area (TPSA) is 49.4 Å². The number of carbonyl (C=O) groups is 2. The highest BCUT2D eigenvalue weighted by Gasteiger charge is 2.31. The number of hydrogen-bond acceptors (Lipinski definition) is 3. The van der Waals surface area contributed by atoms with Gasteiger partial charge in [-0.3, -0.25) is 9.59 Å². The molecule has 2 atom stereocenters. The summed E-state index contributed by atoms with van der Waals surface area (Å²) in [5, 5.41) is 3.77. The molecule has 0 aliphatic carbocycles. The van der Waals surface area contributed by atoms with Gasteiger partial charge in [0, 0.05) is 28.9 Å². The van der Waals surface area contributed by atoms with Gasteiger partial charge in [-0.25, -0.2) is 0 Å². The fraction of sp³-hybridized carbons (Fsp3) is 0.310. The molecule has 3 aromatic rings. The Labute approximate surface area is 218 Å². The van der Waals surface area contributed by atoms with E-state index in [4.69, 9.17) is 11.6 Å². The normalized spacial score (nSPS) is 12.6. The van der Waals surface area contributed by atoms with Gasteiger partial charge >= 0.3 is 0 Å². The molecule has 0 fully saturated rings. The van der Waals surface area contributed by atoms with E-state index in [1.54, 1.807) is 4.90 Å². The lowest BCUT2D eigenvalue weighted by molar-refractivity contribution is -0.139. The zero-order valence-corrected chi connectivity index (χ0v) is 22.1. The summed E-state index contributed by atoms with van der Waals surface area (Å²) in [4.78, 5) is 29.9. The Morgan fingerprint density at radius 2 is 1.63 bits per heavy atom. The van der Waals surface area contributed by atoms with Gasteiger partial charge in [-0.15, -0.1) is 11.8 Å². The fourth-order valence-electron chi connectivity index (χ4n) is 3.72. The first kappa shape index (κ1) is 26.8. The van der Waals surface area contributed by atoms with E-state index in [-0.39, 0.29) is 23.6 Å². The average molecular weight is 509 g/mol. The summed E-state index contributed by atoms with van der Waals surface area (Å²) in [5.41, 5.74) is 3.15. The number of nitrogens with one attached hydrogen (secondary N) is 1. The third-order valence-corrected chi connectivity index (χ3v) is 7.30.